The van der Waals surface area contributed by atoms with E-state index in [1.165, 1.54) is 29.0 Å². The van der Waals surface area contributed by atoms with Gasteiger partial charge in [-0.15, -0.1) is 5.10 Å². The number of amides is 1. The lowest BCUT2D eigenvalue weighted by Crippen LogP contribution is -2.38. The van der Waals surface area contributed by atoms with Crippen molar-refractivity contribution in [3.8, 4) is 11.3 Å². The molecule has 0 radical (unpaired) electrons. The number of carbonyl (C=O) groups is 1. The van der Waals surface area contributed by atoms with Crippen LogP contribution >= 0.6 is 11.3 Å². The van der Waals surface area contributed by atoms with E-state index in [1.807, 2.05) is 18.3 Å². The fraction of sp³-hybridized carbons (Fsp3) is 0.292. The first kappa shape index (κ1) is 20.6. The maximum atomic E-state index is 13.2. The van der Waals surface area contributed by atoms with Crippen molar-refractivity contribution in [3.05, 3.63) is 66.1 Å². The van der Waals surface area contributed by atoms with Crippen LogP contribution in [0.15, 0.2) is 54.7 Å². The summed E-state index contributed by atoms with van der Waals surface area (Å²) < 4.78 is 14.9. The Morgan fingerprint density at radius 2 is 1.84 bits per heavy atom. The van der Waals surface area contributed by atoms with Crippen LogP contribution in [0.4, 0.5) is 15.2 Å². The third-order valence-corrected chi connectivity index (χ3v) is 6.92. The fourth-order valence-corrected chi connectivity index (χ4v) is 4.91. The summed E-state index contributed by atoms with van der Waals surface area (Å²) in [6.07, 6.45) is 4.44. The molecule has 3 heterocycles. The van der Waals surface area contributed by atoms with E-state index >= 15 is 0 Å². The molecule has 4 aromatic rings. The molecule has 1 amide bonds. The lowest BCUT2D eigenvalue weighted by molar-refractivity contribution is -0.120. The van der Waals surface area contributed by atoms with Gasteiger partial charge in [-0.2, -0.15) is 0 Å². The van der Waals surface area contributed by atoms with E-state index in [-0.39, 0.29) is 17.6 Å². The van der Waals surface area contributed by atoms with Crippen molar-refractivity contribution in [2.24, 2.45) is 5.92 Å². The minimum atomic E-state index is -0.262. The molecule has 1 aliphatic heterocycles. The van der Waals surface area contributed by atoms with Crippen LogP contribution in [0.2, 0.25) is 0 Å². The number of hydrogen-bond donors (Lipinski definition) is 1. The highest BCUT2D eigenvalue weighted by atomic mass is 32.1. The quantitative estimate of drug-likeness (QED) is 0.465. The number of anilines is 2. The number of aromatic nitrogens is 3. The van der Waals surface area contributed by atoms with E-state index in [0.29, 0.717) is 0 Å². The largest absolute Gasteiger partial charge is 0.347 e. The zero-order chi connectivity index (χ0) is 22.1. The molecule has 0 spiro atoms. The summed E-state index contributed by atoms with van der Waals surface area (Å²) in [5.74, 6) is -0.167. The van der Waals surface area contributed by atoms with Gasteiger partial charge < -0.3 is 10.2 Å². The molecule has 2 aromatic carbocycles. The number of piperidine rings is 1. The molecule has 1 saturated heterocycles. The number of hydrogen-bond acceptors (Lipinski definition) is 5. The first-order valence-corrected chi connectivity index (χ1v) is 11.7. The highest BCUT2D eigenvalue weighted by Crippen LogP contribution is 2.30. The number of rotatable bonds is 5. The van der Waals surface area contributed by atoms with Gasteiger partial charge in [-0.25, -0.2) is 13.9 Å². The smallest absolute Gasteiger partial charge is 0.227 e. The first-order chi connectivity index (χ1) is 15.6. The Hall–Kier alpha value is -3.26. The number of carbonyl (C=O) groups excluding carboxylic acids is 1. The molecule has 0 bridgehead atoms. The van der Waals surface area contributed by atoms with Gasteiger partial charge in [0, 0.05) is 30.3 Å². The topological polar surface area (TPSA) is 62.5 Å². The number of aryl methyl sites for hydroxylation is 1. The lowest BCUT2D eigenvalue weighted by Gasteiger charge is -2.30. The Kier molecular flexibility index (Phi) is 5.61. The van der Waals surface area contributed by atoms with Crippen LogP contribution in [-0.4, -0.2) is 33.6 Å². The molecule has 1 N–H and O–H groups in total. The van der Waals surface area contributed by atoms with Crippen molar-refractivity contribution < 1.29 is 9.18 Å². The highest BCUT2D eigenvalue weighted by Gasteiger charge is 2.27. The molecule has 0 atom stereocenters. The van der Waals surface area contributed by atoms with E-state index < -0.39 is 0 Å². The predicted molar refractivity (Wildman–Crippen MR) is 126 cm³/mol. The van der Waals surface area contributed by atoms with Gasteiger partial charge in [0.2, 0.25) is 16.0 Å². The molecule has 1 fully saturated rings. The molecule has 8 heteroatoms. The number of nitrogens with zero attached hydrogens (tertiary/aromatic N) is 4. The monoisotopic (exact) mass is 449 g/mol. The number of benzene rings is 2. The van der Waals surface area contributed by atoms with Crippen LogP contribution in [0, 0.1) is 11.7 Å². The molecule has 2 aromatic heterocycles. The lowest BCUT2D eigenvalue weighted by atomic mass is 9.96. The van der Waals surface area contributed by atoms with Crippen molar-refractivity contribution in [1.82, 2.24) is 14.6 Å². The first-order valence-electron chi connectivity index (χ1n) is 10.9. The summed E-state index contributed by atoms with van der Waals surface area (Å²) in [6.45, 7) is 3.69. The third-order valence-electron chi connectivity index (χ3n) is 5.94. The molecule has 0 unspecified atom stereocenters. The molecular weight excluding hydrogens is 425 g/mol. The van der Waals surface area contributed by atoms with Crippen LogP contribution < -0.4 is 10.2 Å². The molecule has 6 nitrogen and oxygen atoms in total. The Bertz CT molecular complexity index is 1190. The van der Waals surface area contributed by atoms with E-state index in [0.717, 1.165) is 59.4 Å². The Balaban J connectivity index is 1.20. The average Bonchev–Trinajstić information content (AvgIpc) is 3.40. The number of imidazole rings is 1. The molecule has 0 saturated carbocycles. The number of halogens is 1. The van der Waals surface area contributed by atoms with E-state index in [4.69, 9.17) is 0 Å². The maximum absolute atomic E-state index is 13.2. The van der Waals surface area contributed by atoms with Gasteiger partial charge in [0.15, 0.2) is 0 Å². The van der Waals surface area contributed by atoms with Crippen LogP contribution in [0.1, 0.15) is 25.3 Å². The Labute approximate surface area is 189 Å². The fourth-order valence-electron chi connectivity index (χ4n) is 3.98. The average molecular weight is 450 g/mol. The molecule has 1 aliphatic rings. The van der Waals surface area contributed by atoms with Gasteiger partial charge in [0.1, 0.15) is 5.82 Å². The van der Waals surface area contributed by atoms with Crippen molar-refractivity contribution in [2.45, 2.75) is 26.2 Å². The van der Waals surface area contributed by atoms with Gasteiger partial charge in [-0.05, 0) is 61.2 Å². The summed E-state index contributed by atoms with van der Waals surface area (Å²) in [4.78, 5) is 20.3. The van der Waals surface area contributed by atoms with Crippen molar-refractivity contribution in [2.75, 3.05) is 23.3 Å². The van der Waals surface area contributed by atoms with Gasteiger partial charge in [0.25, 0.3) is 0 Å². The summed E-state index contributed by atoms with van der Waals surface area (Å²) in [6, 6.07) is 14.4. The van der Waals surface area contributed by atoms with Gasteiger partial charge in [0.05, 0.1) is 11.9 Å². The van der Waals surface area contributed by atoms with Crippen LogP contribution in [0.25, 0.3) is 16.2 Å². The standard InChI is InChI=1S/C24H24FN5OS/c1-2-16-3-9-20(10-4-16)26-22(31)18-11-13-29(14-12-18)24-28-30-15-21(27-23(30)32-24)17-5-7-19(25)8-6-17/h3-10,15,18H,2,11-14H2,1H3,(H,26,31). The van der Waals surface area contributed by atoms with Gasteiger partial charge in [-0.3, -0.25) is 4.79 Å². The van der Waals surface area contributed by atoms with Crippen molar-refractivity contribution in [3.63, 3.8) is 0 Å². The summed E-state index contributed by atoms with van der Waals surface area (Å²) >= 11 is 1.53. The third kappa shape index (κ3) is 4.23. The number of fused-ring (bicyclic) bond motifs is 1. The SMILES string of the molecule is CCc1ccc(NC(=O)C2CCN(c3nn4cc(-c5ccc(F)cc5)nc4s3)CC2)cc1. The van der Waals surface area contributed by atoms with E-state index in [1.54, 1.807) is 16.6 Å². The van der Waals surface area contributed by atoms with E-state index in [2.05, 4.69) is 39.4 Å². The van der Waals surface area contributed by atoms with Crippen LogP contribution in [0.3, 0.4) is 0 Å². The van der Waals surface area contributed by atoms with Crippen molar-refractivity contribution >= 4 is 33.0 Å². The second-order valence-electron chi connectivity index (χ2n) is 8.05. The minimum Gasteiger partial charge on any atom is -0.347 e. The van der Waals surface area contributed by atoms with E-state index in [9.17, 15) is 9.18 Å². The number of nitrogens with one attached hydrogen (secondary N) is 1. The van der Waals surface area contributed by atoms with Gasteiger partial charge in [-0.1, -0.05) is 30.4 Å². The highest BCUT2D eigenvalue weighted by molar-refractivity contribution is 7.20. The predicted octanol–water partition coefficient (Wildman–Crippen LogP) is 5.01. The molecule has 5 rings (SSSR count). The van der Waals surface area contributed by atoms with Crippen LogP contribution in [-0.2, 0) is 11.2 Å². The molecule has 32 heavy (non-hydrogen) atoms. The minimum absolute atomic E-state index is 0.00576. The Morgan fingerprint density at radius 3 is 2.50 bits per heavy atom. The summed E-state index contributed by atoms with van der Waals surface area (Å²) in [7, 11) is 0. The molecular formula is C24H24FN5OS. The summed E-state index contributed by atoms with van der Waals surface area (Å²) in [5.41, 5.74) is 3.75. The molecule has 0 aliphatic carbocycles. The molecule has 164 valence electrons. The normalized spacial score (nSPS) is 14.8. The van der Waals surface area contributed by atoms with Crippen molar-refractivity contribution in [1.29, 1.82) is 0 Å². The zero-order valence-electron chi connectivity index (χ0n) is 17.8. The maximum Gasteiger partial charge on any atom is 0.227 e. The Morgan fingerprint density at radius 1 is 1.12 bits per heavy atom. The second kappa shape index (κ2) is 8.70. The zero-order valence-corrected chi connectivity index (χ0v) is 18.6. The summed E-state index contributed by atoms with van der Waals surface area (Å²) in [5, 5.41) is 8.64. The van der Waals surface area contributed by atoms with Crippen LogP contribution in [0.5, 0.6) is 0 Å². The van der Waals surface area contributed by atoms with Gasteiger partial charge >= 0.3 is 0 Å². The second-order valence-corrected chi connectivity index (χ2v) is 8.98.